The number of carbonyl (C=O) groups excluding carboxylic acids is 1. The maximum atomic E-state index is 11.8. The van der Waals surface area contributed by atoms with Gasteiger partial charge in [0.1, 0.15) is 5.76 Å². The second-order valence-electron chi connectivity index (χ2n) is 7.05. The maximum Gasteiger partial charge on any atom is 0.222 e. The zero-order chi connectivity index (χ0) is 18.4. The van der Waals surface area contributed by atoms with Crippen molar-refractivity contribution in [1.82, 2.24) is 20.4 Å². The van der Waals surface area contributed by atoms with Crippen molar-refractivity contribution in [3.05, 3.63) is 24.2 Å². The fraction of sp³-hybridized carbons (Fsp3) is 0.684. The lowest BCUT2D eigenvalue weighted by Gasteiger charge is -2.27. The van der Waals surface area contributed by atoms with E-state index in [1.807, 2.05) is 24.0 Å². The molecule has 0 radical (unpaired) electrons. The Labute approximate surface area is 179 Å². The van der Waals surface area contributed by atoms with Crippen molar-refractivity contribution < 1.29 is 9.21 Å². The van der Waals surface area contributed by atoms with E-state index in [0.717, 1.165) is 50.9 Å². The molecule has 0 spiro atoms. The van der Waals surface area contributed by atoms with Gasteiger partial charge in [-0.25, -0.2) is 0 Å². The molecule has 2 N–H and O–H groups in total. The van der Waals surface area contributed by atoms with E-state index in [2.05, 4.69) is 20.5 Å². The van der Waals surface area contributed by atoms with Crippen molar-refractivity contribution >= 4 is 35.8 Å². The third-order valence-electron chi connectivity index (χ3n) is 5.32. The lowest BCUT2D eigenvalue weighted by atomic mass is 10.2. The Kier molecular flexibility index (Phi) is 8.88. The predicted octanol–water partition coefficient (Wildman–Crippen LogP) is 2.21. The van der Waals surface area contributed by atoms with E-state index in [1.165, 1.54) is 12.8 Å². The van der Waals surface area contributed by atoms with Crippen LogP contribution in [0.2, 0.25) is 0 Å². The molecule has 7 nitrogen and oxygen atoms in total. The van der Waals surface area contributed by atoms with E-state index >= 15 is 0 Å². The highest BCUT2D eigenvalue weighted by atomic mass is 127. The molecule has 0 saturated carbocycles. The van der Waals surface area contributed by atoms with Crippen LogP contribution >= 0.6 is 24.0 Å². The fourth-order valence-corrected chi connectivity index (χ4v) is 3.85. The van der Waals surface area contributed by atoms with Crippen molar-refractivity contribution in [3.63, 3.8) is 0 Å². The Bertz CT molecular complexity index is 601. The third-order valence-corrected chi connectivity index (χ3v) is 5.32. The van der Waals surface area contributed by atoms with Gasteiger partial charge in [0, 0.05) is 39.1 Å². The molecule has 1 aromatic heterocycles. The Morgan fingerprint density at radius 3 is 2.78 bits per heavy atom. The summed E-state index contributed by atoms with van der Waals surface area (Å²) in [7, 11) is 1.79. The van der Waals surface area contributed by atoms with E-state index < -0.39 is 0 Å². The molecule has 1 amide bonds. The van der Waals surface area contributed by atoms with Crippen molar-refractivity contribution in [2.75, 3.05) is 39.8 Å². The van der Waals surface area contributed by atoms with Gasteiger partial charge in [0.25, 0.3) is 0 Å². The average molecular weight is 489 g/mol. The van der Waals surface area contributed by atoms with E-state index in [-0.39, 0.29) is 42.0 Å². The molecule has 8 heteroatoms. The zero-order valence-electron chi connectivity index (χ0n) is 16.3. The van der Waals surface area contributed by atoms with Crippen molar-refractivity contribution in [2.45, 2.75) is 44.7 Å². The van der Waals surface area contributed by atoms with Gasteiger partial charge in [0.15, 0.2) is 5.96 Å². The number of nitrogens with zero attached hydrogens (tertiary/aromatic N) is 3. The highest BCUT2D eigenvalue weighted by molar-refractivity contribution is 14.0. The summed E-state index contributed by atoms with van der Waals surface area (Å²) in [5, 5.41) is 6.92. The summed E-state index contributed by atoms with van der Waals surface area (Å²) in [5.74, 6) is 2.01. The first kappa shape index (κ1) is 22.0. The van der Waals surface area contributed by atoms with Gasteiger partial charge in [-0.3, -0.25) is 14.7 Å². The fourth-order valence-electron chi connectivity index (χ4n) is 3.85. The molecular formula is C19H32IN5O2. The number of aliphatic imine (C=N–C) groups is 1. The zero-order valence-corrected chi connectivity index (χ0v) is 18.6. The van der Waals surface area contributed by atoms with Gasteiger partial charge in [-0.05, 0) is 44.5 Å². The lowest BCUT2D eigenvalue weighted by molar-refractivity contribution is -0.129. The highest BCUT2D eigenvalue weighted by Gasteiger charge is 2.28. The molecular weight excluding hydrogens is 457 g/mol. The number of furan rings is 1. The molecule has 3 heterocycles. The largest absolute Gasteiger partial charge is 0.468 e. The van der Waals surface area contributed by atoms with Gasteiger partial charge in [0.2, 0.25) is 5.91 Å². The number of amides is 1. The molecule has 0 aromatic carbocycles. The molecule has 2 unspecified atom stereocenters. The molecule has 3 rings (SSSR count). The van der Waals surface area contributed by atoms with Crippen LogP contribution in [0, 0.1) is 0 Å². The van der Waals surface area contributed by atoms with E-state index in [0.29, 0.717) is 6.42 Å². The number of likely N-dealkylation sites (tertiary alicyclic amines) is 2. The van der Waals surface area contributed by atoms with Crippen molar-refractivity contribution in [2.24, 2.45) is 4.99 Å². The number of nitrogens with one attached hydrogen (secondary N) is 2. The van der Waals surface area contributed by atoms with Gasteiger partial charge in [0.05, 0.1) is 12.3 Å². The molecule has 0 aliphatic carbocycles. The summed E-state index contributed by atoms with van der Waals surface area (Å²) < 4.78 is 5.67. The molecule has 2 fully saturated rings. The minimum absolute atomic E-state index is 0. The Morgan fingerprint density at radius 2 is 2.15 bits per heavy atom. The van der Waals surface area contributed by atoms with Crippen molar-refractivity contribution in [1.29, 1.82) is 0 Å². The predicted molar refractivity (Wildman–Crippen MR) is 117 cm³/mol. The molecule has 2 atom stereocenters. The van der Waals surface area contributed by atoms with Crippen LogP contribution < -0.4 is 10.6 Å². The number of carbonyl (C=O) groups is 1. The van der Waals surface area contributed by atoms with E-state index in [1.54, 1.807) is 13.3 Å². The lowest BCUT2D eigenvalue weighted by Crippen LogP contribution is -2.47. The number of hydrogen-bond donors (Lipinski definition) is 2. The van der Waals surface area contributed by atoms with Crippen LogP contribution in [0.4, 0.5) is 0 Å². The summed E-state index contributed by atoms with van der Waals surface area (Å²) in [4.78, 5) is 20.6. The normalized spacial score (nSPS) is 21.8. The first-order valence-corrected chi connectivity index (χ1v) is 9.73. The summed E-state index contributed by atoms with van der Waals surface area (Å²) in [6, 6.07) is 4.47. The van der Waals surface area contributed by atoms with Crippen LogP contribution in [0.5, 0.6) is 0 Å². The van der Waals surface area contributed by atoms with Crippen molar-refractivity contribution in [3.8, 4) is 0 Å². The highest BCUT2D eigenvalue weighted by Crippen LogP contribution is 2.24. The quantitative estimate of drug-likeness (QED) is 0.364. The number of guanidine groups is 1. The second-order valence-corrected chi connectivity index (χ2v) is 7.05. The topological polar surface area (TPSA) is 73.1 Å². The monoisotopic (exact) mass is 489 g/mol. The van der Waals surface area contributed by atoms with E-state index in [9.17, 15) is 4.79 Å². The summed E-state index contributed by atoms with van der Waals surface area (Å²) >= 11 is 0. The average Bonchev–Trinajstić information content (AvgIpc) is 3.42. The van der Waals surface area contributed by atoms with Gasteiger partial charge in [-0.2, -0.15) is 0 Å². The van der Waals surface area contributed by atoms with Crippen LogP contribution in [0.25, 0.3) is 0 Å². The Morgan fingerprint density at radius 1 is 1.37 bits per heavy atom. The standard InChI is InChI=1S/C19H31N5O2.HI/c1-3-18(25)24-11-8-15(14-24)22-19(20-2)21-13-16(17-7-6-12-26-17)23-9-4-5-10-23;/h6-7,12,15-16H,3-5,8-11,13-14H2,1-2H3,(H2,20,21,22);1H. The minimum Gasteiger partial charge on any atom is -0.468 e. The molecule has 2 saturated heterocycles. The Balaban J connectivity index is 0.00000261. The van der Waals surface area contributed by atoms with Crippen LogP contribution in [0.15, 0.2) is 27.8 Å². The SMILES string of the molecule is CCC(=O)N1CCC(NC(=NC)NCC(c2ccco2)N2CCCC2)C1.I. The van der Waals surface area contributed by atoms with Gasteiger partial charge in [-0.15, -0.1) is 24.0 Å². The van der Waals surface area contributed by atoms with E-state index in [4.69, 9.17) is 4.42 Å². The number of hydrogen-bond acceptors (Lipinski definition) is 4. The summed E-state index contributed by atoms with van der Waals surface area (Å²) in [6.45, 7) is 6.45. The number of rotatable bonds is 6. The number of halogens is 1. The second kappa shape index (κ2) is 10.9. The van der Waals surface area contributed by atoms with Crippen LogP contribution in [0.3, 0.4) is 0 Å². The molecule has 2 aliphatic rings. The molecule has 0 bridgehead atoms. The first-order valence-electron chi connectivity index (χ1n) is 9.73. The summed E-state index contributed by atoms with van der Waals surface area (Å²) in [5.41, 5.74) is 0. The van der Waals surface area contributed by atoms with Crippen LogP contribution in [0.1, 0.15) is 44.4 Å². The molecule has 1 aromatic rings. The first-order chi connectivity index (χ1) is 12.7. The minimum atomic E-state index is 0. The third kappa shape index (κ3) is 5.84. The molecule has 27 heavy (non-hydrogen) atoms. The van der Waals surface area contributed by atoms with Crippen LogP contribution in [-0.2, 0) is 4.79 Å². The molecule has 152 valence electrons. The van der Waals surface area contributed by atoms with Gasteiger partial charge in [-0.1, -0.05) is 6.92 Å². The van der Waals surface area contributed by atoms with Crippen LogP contribution in [-0.4, -0.2) is 67.5 Å². The van der Waals surface area contributed by atoms with Gasteiger partial charge >= 0.3 is 0 Å². The maximum absolute atomic E-state index is 11.8. The van der Waals surface area contributed by atoms with Gasteiger partial charge < -0.3 is 20.0 Å². The summed E-state index contributed by atoms with van der Waals surface area (Å²) in [6.07, 6.45) is 5.75. The molecule has 2 aliphatic heterocycles. The smallest absolute Gasteiger partial charge is 0.222 e. The Hall–Kier alpha value is -1.29.